The van der Waals surface area contributed by atoms with Gasteiger partial charge in [0.25, 0.3) is 0 Å². The predicted octanol–water partition coefficient (Wildman–Crippen LogP) is 3.08. The number of nitrogens with zero attached hydrogens (tertiary/aromatic N) is 2. The number of benzene rings is 2. The van der Waals surface area contributed by atoms with Gasteiger partial charge >= 0.3 is 0 Å². The molecular weight excluding hydrogens is 248 g/mol. The second kappa shape index (κ2) is 4.49. The van der Waals surface area contributed by atoms with Crippen molar-refractivity contribution < 1.29 is 0 Å². The molecule has 0 atom stereocenters. The molecule has 0 aliphatic carbocycles. The average molecular weight is 264 g/mol. The minimum Gasteiger partial charge on any atom is -0.383 e. The van der Waals surface area contributed by atoms with Crippen molar-refractivity contribution in [2.24, 2.45) is 0 Å². The first-order chi connectivity index (χ1) is 9.56. The maximum absolute atomic E-state index is 5.87. The molecule has 0 unspecified atom stereocenters. The molecule has 3 rings (SSSR count). The molecule has 0 radical (unpaired) electrons. The van der Waals surface area contributed by atoms with E-state index in [9.17, 15) is 0 Å². The molecule has 1 heterocycles. The molecule has 100 valence electrons. The van der Waals surface area contributed by atoms with Crippen LogP contribution in [-0.2, 0) is 0 Å². The predicted molar refractivity (Wildman–Crippen MR) is 83.3 cm³/mol. The van der Waals surface area contributed by atoms with E-state index in [1.165, 1.54) is 16.7 Å². The molecule has 0 saturated heterocycles. The van der Waals surface area contributed by atoms with Crippen LogP contribution in [0.5, 0.6) is 0 Å². The van der Waals surface area contributed by atoms with E-state index < -0.39 is 0 Å². The van der Waals surface area contributed by atoms with E-state index in [4.69, 9.17) is 11.5 Å². The van der Waals surface area contributed by atoms with Gasteiger partial charge in [-0.25, -0.2) is 4.98 Å². The molecule has 4 nitrogen and oxygen atoms in total. The Hall–Kier alpha value is -2.62. The zero-order valence-electron chi connectivity index (χ0n) is 11.5. The highest BCUT2D eigenvalue weighted by Crippen LogP contribution is 2.30. The summed E-state index contributed by atoms with van der Waals surface area (Å²) < 4.78 is 0. The summed E-state index contributed by atoms with van der Waals surface area (Å²) >= 11 is 0. The summed E-state index contributed by atoms with van der Waals surface area (Å²) in [6, 6.07) is 12.3. The average Bonchev–Trinajstić information content (AvgIpc) is 2.37. The number of fused-ring (bicyclic) bond motifs is 1. The summed E-state index contributed by atoms with van der Waals surface area (Å²) in [7, 11) is 0. The van der Waals surface area contributed by atoms with E-state index in [-0.39, 0.29) is 5.95 Å². The van der Waals surface area contributed by atoms with E-state index in [0.29, 0.717) is 5.82 Å². The lowest BCUT2D eigenvalue weighted by atomic mass is 9.95. The third-order valence-electron chi connectivity index (χ3n) is 3.51. The second-order valence-electron chi connectivity index (χ2n) is 4.97. The third-order valence-corrected chi connectivity index (χ3v) is 3.51. The van der Waals surface area contributed by atoms with Crippen molar-refractivity contribution in [2.75, 3.05) is 11.5 Å². The van der Waals surface area contributed by atoms with Crippen LogP contribution in [-0.4, -0.2) is 9.97 Å². The first kappa shape index (κ1) is 12.4. The van der Waals surface area contributed by atoms with Crippen LogP contribution in [0.25, 0.3) is 22.0 Å². The highest BCUT2D eigenvalue weighted by atomic mass is 15.0. The fourth-order valence-electron chi connectivity index (χ4n) is 2.60. The fraction of sp³-hybridized carbons (Fsp3) is 0.125. The molecule has 1 aromatic heterocycles. The molecule has 4 heteroatoms. The Morgan fingerprint density at radius 2 is 1.60 bits per heavy atom. The summed E-state index contributed by atoms with van der Waals surface area (Å²) in [6.07, 6.45) is 0. The molecule has 3 aromatic rings. The van der Waals surface area contributed by atoms with Gasteiger partial charge in [0.15, 0.2) is 0 Å². The van der Waals surface area contributed by atoms with E-state index >= 15 is 0 Å². The van der Waals surface area contributed by atoms with Gasteiger partial charge in [0.1, 0.15) is 5.82 Å². The number of hydrogen-bond acceptors (Lipinski definition) is 4. The number of anilines is 2. The minimum atomic E-state index is 0.202. The Morgan fingerprint density at radius 1 is 0.900 bits per heavy atom. The van der Waals surface area contributed by atoms with E-state index in [2.05, 4.69) is 42.0 Å². The summed E-state index contributed by atoms with van der Waals surface area (Å²) in [5.41, 5.74) is 17.1. The van der Waals surface area contributed by atoms with Crippen molar-refractivity contribution in [3.05, 3.63) is 47.5 Å². The van der Waals surface area contributed by atoms with Gasteiger partial charge in [-0.3, -0.25) is 0 Å². The summed E-state index contributed by atoms with van der Waals surface area (Å²) in [5.74, 6) is 0.620. The Labute approximate surface area is 117 Å². The highest BCUT2D eigenvalue weighted by Gasteiger charge is 2.09. The summed E-state index contributed by atoms with van der Waals surface area (Å²) in [6.45, 7) is 4.21. The van der Waals surface area contributed by atoms with Gasteiger partial charge in [0.05, 0.1) is 5.52 Å². The number of nitrogens with two attached hydrogens (primary N) is 2. The monoisotopic (exact) mass is 264 g/mol. The molecule has 0 aliphatic heterocycles. The number of nitrogen functional groups attached to an aromatic ring is 2. The van der Waals surface area contributed by atoms with Crippen molar-refractivity contribution >= 4 is 22.7 Å². The van der Waals surface area contributed by atoms with Gasteiger partial charge in [-0.2, -0.15) is 4.98 Å². The molecule has 0 amide bonds. The van der Waals surface area contributed by atoms with Gasteiger partial charge in [0, 0.05) is 5.39 Å². The highest BCUT2D eigenvalue weighted by molar-refractivity contribution is 5.92. The lowest BCUT2D eigenvalue weighted by Crippen LogP contribution is -2.00. The van der Waals surface area contributed by atoms with Crippen molar-refractivity contribution in [3.8, 4) is 11.1 Å². The van der Waals surface area contributed by atoms with Crippen LogP contribution in [0, 0.1) is 13.8 Å². The van der Waals surface area contributed by atoms with Crippen LogP contribution >= 0.6 is 0 Å². The minimum absolute atomic E-state index is 0.202. The normalized spacial score (nSPS) is 10.9. The molecule has 0 bridgehead atoms. The number of rotatable bonds is 1. The Morgan fingerprint density at radius 3 is 2.30 bits per heavy atom. The van der Waals surface area contributed by atoms with Gasteiger partial charge < -0.3 is 11.5 Å². The van der Waals surface area contributed by atoms with E-state index in [1.54, 1.807) is 0 Å². The molecule has 0 spiro atoms. The maximum atomic E-state index is 5.87. The van der Waals surface area contributed by atoms with Crippen LogP contribution in [0.15, 0.2) is 36.4 Å². The van der Waals surface area contributed by atoms with E-state index in [0.717, 1.165) is 16.5 Å². The van der Waals surface area contributed by atoms with Crippen LogP contribution in [0.1, 0.15) is 11.1 Å². The first-order valence-electron chi connectivity index (χ1n) is 6.45. The molecule has 0 fully saturated rings. The van der Waals surface area contributed by atoms with Crippen molar-refractivity contribution in [1.82, 2.24) is 9.97 Å². The number of aryl methyl sites for hydroxylation is 2. The van der Waals surface area contributed by atoms with Crippen LogP contribution < -0.4 is 11.5 Å². The van der Waals surface area contributed by atoms with Crippen LogP contribution in [0.4, 0.5) is 11.8 Å². The molecule has 0 saturated carbocycles. The summed E-state index contributed by atoms with van der Waals surface area (Å²) in [4.78, 5) is 8.25. The molecule has 4 N–H and O–H groups in total. The SMILES string of the molecule is Cc1cccc(C)c1-c1ccc2c(N)nc(N)nc2c1. The quantitative estimate of drug-likeness (QED) is 0.708. The zero-order chi connectivity index (χ0) is 14.3. The van der Waals surface area contributed by atoms with Gasteiger partial charge in [-0.05, 0) is 48.2 Å². The largest absolute Gasteiger partial charge is 0.383 e. The smallest absolute Gasteiger partial charge is 0.222 e. The Kier molecular flexibility index (Phi) is 2.79. The molecular formula is C16H16N4. The lowest BCUT2D eigenvalue weighted by Gasteiger charge is -2.11. The number of hydrogen-bond donors (Lipinski definition) is 2. The fourth-order valence-corrected chi connectivity index (χ4v) is 2.60. The maximum Gasteiger partial charge on any atom is 0.222 e. The van der Waals surface area contributed by atoms with Gasteiger partial charge in [0.2, 0.25) is 5.95 Å². The van der Waals surface area contributed by atoms with Gasteiger partial charge in [-0.1, -0.05) is 24.3 Å². The molecule has 0 aliphatic rings. The van der Waals surface area contributed by atoms with E-state index in [1.807, 2.05) is 18.2 Å². The second-order valence-corrected chi connectivity index (χ2v) is 4.97. The first-order valence-corrected chi connectivity index (χ1v) is 6.45. The molecule has 20 heavy (non-hydrogen) atoms. The topological polar surface area (TPSA) is 77.8 Å². The summed E-state index contributed by atoms with van der Waals surface area (Å²) in [5, 5.41) is 0.828. The van der Waals surface area contributed by atoms with Crippen molar-refractivity contribution in [3.63, 3.8) is 0 Å². The van der Waals surface area contributed by atoms with Crippen molar-refractivity contribution in [2.45, 2.75) is 13.8 Å². The van der Waals surface area contributed by atoms with Crippen molar-refractivity contribution in [1.29, 1.82) is 0 Å². The third kappa shape index (κ3) is 1.95. The van der Waals surface area contributed by atoms with Crippen LogP contribution in [0.2, 0.25) is 0 Å². The van der Waals surface area contributed by atoms with Gasteiger partial charge in [-0.15, -0.1) is 0 Å². The number of aromatic nitrogens is 2. The lowest BCUT2D eigenvalue weighted by molar-refractivity contribution is 1.24. The standard InChI is InChI=1S/C16H16N4/c1-9-4-3-5-10(2)14(9)11-6-7-12-13(8-11)19-16(18)20-15(12)17/h3-8H,1-2H3,(H4,17,18,19,20). The Bertz CT molecular complexity index is 789. The molecule has 2 aromatic carbocycles. The zero-order valence-corrected chi connectivity index (χ0v) is 11.5. The van der Waals surface area contributed by atoms with Crippen LogP contribution in [0.3, 0.4) is 0 Å². The Balaban J connectivity index is 2.28.